The summed E-state index contributed by atoms with van der Waals surface area (Å²) in [4.78, 5) is 12.9. The van der Waals surface area contributed by atoms with E-state index in [2.05, 4.69) is 41.4 Å². The van der Waals surface area contributed by atoms with Crippen LogP contribution < -0.4 is 5.32 Å². The summed E-state index contributed by atoms with van der Waals surface area (Å²) < 4.78 is 11.8. The summed E-state index contributed by atoms with van der Waals surface area (Å²) in [5, 5.41) is 7.53. The number of halogens is 1. The number of hydrogen-bond acceptors (Lipinski definition) is 7. The lowest BCUT2D eigenvalue weighted by atomic mass is 9.91. The molecular weight excluding hydrogens is 362 g/mol. The maximum Gasteiger partial charge on any atom is 0.249 e. The molecule has 23 heavy (non-hydrogen) atoms. The second-order valence-electron chi connectivity index (χ2n) is 5.94. The van der Waals surface area contributed by atoms with Crippen LogP contribution in [0.25, 0.3) is 0 Å². The van der Waals surface area contributed by atoms with E-state index >= 15 is 0 Å². The third-order valence-corrected chi connectivity index (χ3v) is 4.52. The fraction of sp³-hybridized carbons (Fsp3) is 0.600. The molecule has 0 bridgehead atoms. The highest BCUT2D eigenvalue weighted by atomic mass is 79.9. The van der Waals surface area contributed by atoms with Crippen molar-refractivity contribution in [1.29, 1.82) is 0 Å². The van der Waals surface area contributed by atoms with E-state index < -0.39 is 0 Å². The molecule has 0 spiro atoms. The lowest BCUT2D eigenvalue weighted by molar-refractivity contribution is 0.0570. The maximum absolute atomic E-state index is 5.53. The maximum atomic E-state index is 5.53. The minimum atomic E-state index is -0.0925. The molecule has 1 aliphatic rings. The highest BCUT2D eigenvalue weighted by molar-refractivity contribution is 9.10. The van der Waals surface area contributed by atoms with E-state index in [1.165, 1.54) is 6.33 Å². The molecule has 1 saturated heterocycles. The average Bonchev–Trinajstić information content (AvgIpc) is 3.05. The topological polar surface area (TPSA) is 86.0 Å². The summed E-state index contributed by atoms with van der Waals surface area (Å²) in [6.07, 6.45) is 5.12. The van der Waals surface area contributed by atoms with Gasteiger partial charge >= 0.3 is 0 Å². The molecule has 124 valence electrons. The quantitative estimate of drug-likeness (QED) is 0.849. The molecular formula is C15H20BrN5O2. The van der Waals surface area contributed by atoms with Crippen molar-refractivity contribution in [3.8, 4) is 0 Å². The molecule has 2 aromatic heterocycles. The van der Waals surface area contributed by atoms with Crippen LogP contribution in [0, 0.1) is 5.92 Å². The highest BCUT2D eigenvalue weighted by Gasteiger charge is 2.31. The van der Waals surface area contributed by atoms with Gasteiger partial charge in [-0.05, 0) is 34.7 Å². The van der Waals surface area contributed by atoms with Crippen molar-refractivity contribution in [3.63, 3.8) is 0 Å². The van der Waals surface area contributed by atoms with Gasteiger partial charge in [0.15, 0.2) is 5.82 Å². The fourth-order valence-corrected chi connectivity index (χ4v) is 2.94. The van der Waals surface area contributed by atoms with Crippen LogP contribution in [0.2, 0.25) is 0 Å². The highest BCUT2D eigenvalue weighted by Crippen LogP contribution is 2.34. The summed E-state index contributed by atoms with van der Waals surface area (Å²) in [6, 6.07) is -0.0925. The van der Waals surface area contributed by atoms with Crippen LogP contribution in [0.5, 0.6) is 0 Å². The molecule has 8 heteroatoms. The Bertz CT molecular complexity index is 642. The molecule has 3 rings (SSSR count). The van der Waals surface area contributed by atoms with Crippen LogP contribution in [-0.4, -0.2) is 33.3 Å². The second kappa shape index (κ2) is 7.35. The smallest absolute Gasteiger partial charge is 0.249 e. The SMILES string of the molecule is CC(C)c1noc([C@@H](Nc2ncncc2Br)C2CCOCC2)n1. The van der Waals surface area contributed by atoms with E-state index in [0.29, 0.717) is 11.8 Å². The molecule has 0 amide bonds. The largest absolute Gasteiger partial charge is 0.381 e. The summed E-state index contributed by atoms with van der Waals surface area (Å²) in [7, 11) is 0. The van der Waals surface area contributed by atoms with Gasteiger partial charge in [-0.3, -0.25) is 0 Å². The Morgan fingerprint density at radius 2 is 2.09 bits per heavy atom. The van der Waals surface area contributed by atoms with E-state index in [4.69, 9.17) is 9.26 Å². The monoisotopic (exact) mass is 381 g/mol. The molecule has 3 heterocycles. The molecule has 0 radical (unpaired) electrons. The first-order chi connectivity index (χ1) is 11.1. The normalized spacial score (nSPS) is 17.4. The zero-order valence-electron chi connectivity index (χ0n) is 13.2. The van der Waals surface area contributed by atoms with Crippen LogP contribution >= 0.6 is 15.9 Å². The third-order valence-electron chi connectivity index (χ3n) is 3.94. The van der Waals surface area contributed by atoms with Crippen LogP contribution in [0.3, 0.4) is 0 Å². The van der Waals surface area contributed by atoms with E-state index in [-0.39, 0.29) is 12.0 Å². The van der Waals surface area contributed by atoms with E-state index in [9.17, 15) is 0 Å². The van der Waals surface area contributed by atoms with Crippen molar-refractivity contribution < 1.29 is 9.26 Å². The Kier molecular flexibility index (Phi) is 5.22. The summed E-state index contributed by atoms with van der Waals surface area (Å²) >= 11 is 3.47. The van der Waals surface area contributed by atoms with E-state index in [1.54, 1.807) is 6.20 Å². The van der Waals surface area contributed by atoms with Gasteiger partial charge in [-0.15, -0.1) is 0 Å². The third kappa shape index (κ3) is 3.87. The van der Waals surface area contributed by atoms with Crippen molar-refractivity contribution in [2.75, 3.05) is 18.5 Å². The number of nitrogens with one attached hydrogen (secondary N) is 1. The lowest BCUT2D eigenvalue weighted by Gasteiger charge is -2.29. The van der Waals surface area contributed by atoms with Crippen molar-refractivity contribution in [2.45, 2.75) is 38.6 Å². The van der Waals surface area contributed by atoms with Crippen molar-refractivity contribution in [2.24, 2.45) is 5.92 Å². The van der Waals surface area contributed by atoms with Gasteiger partial charge in [0.05, 0.1) is 4.47 Å². The van der Waals surface area contributed by atoms with Gasteiger partial charge in [0.25, 0.3) is 0 Å². The van der Waals surface area contributed by atoms with Gasteiger partial charge in [-0.2, -0.15) is 4.98 Å². The predicted molar refractivity (Wildman–Crippen MR) is 88.0 cm³/mol. The van der Waals surface area contributed by atoms with E-state index in [1.807, 2.05) is 13.8 Å². The van der Waals surface area contributed by atoms with Crippen LogP contribution in [-0.2, 0) is 4.74 Å². The fourth-order valence-electron chi connectivity index (χ4n) is 2.60. The molecule has 7 nitrogen and oxygen atoms in total. The van der Waals surface area contributed by atoms with Crippen LogP contribution in [0.15, 0.2) is 21.5 Å². The number of anilines is 1. The van der Waals surface area contributed by atoms with Gasteiger partial charge in [0.2, 0.25) is 5.89 Å². The number of ether oxygens (including phenoxy) is 1. The van der Waals surface area contributed by atoms with Crippen molar-refractivity contribution in [3.05, 3.63) is 28.7 Å². The van der Waals surface area contributed by atoms with Gasteiger partial charge in [0, 0.05) is 25.3 Å². The standard InChI is InChI=1S/C15H20BrN5O2/c1-9(2)13-20-15(23-21-13)12(10-3-5-22-6-4-10)19-14-11(16)7-17-8-18-14/h7-10,12H,3-6H2,1-2H3,(H,17,18,19)/t12-/m0/s1. The molecule has 2 aromatic rings. The molecule has 1 fully saturated rings. The molecule has 1 N–H and O–H groups in total. The lowest BCUT2D eigenvalue weighted by Crippen LogP contribution is -2.27. The number of nitrogens with zero attached hydrogens (tertiary/aromatic N) is 4. The number of aromatic nitrogens is 4. The number of rotatable bonds is 5. The predicted octanol–water partition coefficient (Wildman–Crippen LogP) is 3.33. The van der Waals surface area contributed by atoms with E-state index in [0.717, 1.165) is 42.2 Å². The molecule has 0 unspecified atom stereocenters. The number of hydrogen-bond donors (Lipinski definition) is 1. The average molecular weight is 382 g/mol. The summed E-state index contributed by atoms with van der Waals surface area (Å²) in [5.41, 5.74) is 0. The molecule has 1 aliphatic heterocycles. The second-order valence-corrected chi connectivity index (χ2v) is 6.79. The first kappa shape index (κ1) is 16.3. The Hall–Kier alpha value is -1.54. The Morgan fingerprint density at radius 1 is 1.30 bits per heavy atom. The van der Waals surface area contributed by atoms with Gasteiger partial charge < -0.3 is 14.6 Å². The Labute approximate surface area is 143 Å². The minimum absolute atomic E-state index is 0.0925. The molecule has 0 aliphatic carbocycles. The van der Waals surface area contributed by atoms with Gasteiger partial charge in [0.1, 0.15) is 18.2 Å². The van der Waals surface area contributed by atoms with Crippen LogP contribution in [0.1, 0.15) is 50.4 Å². The summed E-state index contributed by atoms with van der Waals surface area (Å²) in [6.45, 7) is 5.59. The molecule has 0 aromatic carbocycles. The zero-order chi connectivity index (χ0) is 16.2. The van der Waals surface area contributed by atoms with Crippen molar-refractivity contribution in [1.82, 2.24) is 20.1 Å². The molecule has 0 saturated carbocycles. The van der Waals surface area contributed by atoms with Gasteiger partial charge in [-0.25, -0.2) is 9.97 Å². The Morgan fingerprint density at radius 3 is 2.74 bits per heavy atom. The van der Waals surface area contributed by atoms with Gasteiger partial charge in [-0.1, -0.05) is 19.0 Å². The Balaban J connectivity index is 1.87. The first-order valence-electron chi connectivity index (χ1n) is 7.78. The zero-order valence-corrected chi connectivity index (χ0v) is 14.8. The van der Waals surface area contributed by atoms with Crippen molar-refractivity contribution >= 4 is 21.7 Å². The van der Waals surface area contributed by atoms with Crippen LogP contribution in [0.4, 0.5) is 5.82 Å². The summed E-state index contributed by atoms with van der Waals surface area (Å²) in [5.74, 6) is 2.63. The first-order valence-corrected chi connectivity index (χ1v) is 8.57. The molecule has 1 atom stereocenters. The minimum Gasteiger partial charge on any atom is -0.381 e.